The maximum Gasteiger partial charge on any atom is 0.238 e. The van der Waals surface area contributed by atoms with Gasteiger partial charge in [-0.25, -0.2) is 8.42 Å². The number of hydrogen-bond donors (Lipinski definition) is 1. The van der Waals surface area contributed by atoms with E-state index in [-0.39, 0.29) is 24.1 Å². The molecule has 2 fully saturated rings. The summed E-state index contributed by atoms with van der Waals surface area (Å²) in [4.78, 5) is 11.9. The maximum atomic E-state index is 11.9. The minimum Gasteiger partial charge on any atom is -0.325 e. The summed E-state index contributed by atoms with van der Waals surface area (Å²) in [5, 5.41) is 3.11. The van der Waals surface area contributed by atoms with Gasteiger partial charge in [-0.1, -0.05) is 0 Å². The molecule has 2 saturated heterocycles. The van der Waals surface area contributed by atoms with Crippen molar-refractivity contribution in [1.29, 1.82) is 0 Å². The molecule has 2 rings (SSSR count). The van der Waals surface area contributed by atoms with E-state index in [0.717, 1.165) is 0 Å². The molecular weight excluding hydrogens is 240 g/mol. The molecule has 0 aromatic carbocycles. The van der Waals surface area contributed by atoms with Crippen LogP contribution in [0.5, 0.6) is 0 Å². The smallest absolute Gasteiger partial charge is 0.238 e. The number of carbonyl (C=O) groups excluding carboxylic acids is 1. The molecular formula is C8H15ClN2O3S. The van der Waals surface area contributed by atoms with Crippen LogP contribution in [-0.2, 0) is 14.6 Å². The first-order valence-electron chi connectivity index (χ1n) is 4.69. The Morgan fingerprint density at radius 2 is 1.87 bits per heavy atom. The highest BCUT2D eigenvalue weighted by molar-refractivity contribution is 7.93. The highest BCUT2D eigenvalue weighted by atomic mass is 35.5. The molecule has 0 atom stereocenters. The normalized spacial score (nSPS) is 27.8. The highest BCUT2D eigenvalue weighted by Gasteiger charge is 2.55. The van der Waals surface area contributed by atoms with E-state index < -0.39 is 14.7 Å². The van der Waals surface area contributed by atoms with Gasteiger partial charge in [-0.05, 0) is 25.9 Å². The largest absolute Gasteiger partial charge is 0.325 e. The van der Waals surface area contributed by atoms with Crippen LogP contribution >= 0.6 is 12.4 Å². The zero-order chi connectivity index (χ0) is 10.4. The second-order valence-electron chi connectivity index (χ2n) is 3.91. The van der Waals surface area contributed by atoms with E-state index >= 15 is 0 Å². The van der Waals surface area contributed by atoms with Gasteiger partial charge in [0.1, 0.15) is 10.6 Å². The van der Waals surface area contributed by atoms with Crippen LogP contribution in [-0.4, -0.2) is 50.0 Å². The third-order valence-corrected chi connectivity index (χ3v) is 5.73. The average Bonchev–Trinajstić information content (AvgIpc) is 2.30. The van der Waals surface area contributed by atoms with Gasteiger partial charge >= 0.3 is 0 Å². The van der Waals surface area contributed by atoms with Crippen LogP contribution in [0.25, 0.3) is 0 Å². The fourth-order valence-corrected chi connectivity index (χ4v) is 4.43. The molecule has 0 aromatic rings. The Bertz CT molecular complexity index is 362. The Morgan fingerprint density at radius 1 is 1.33 bits per heavy atom. The zero-order valence-electron chi connectivity index (χ0n) is 8.52. The molecule has 5 nitrogen and oxygen atoms in total. The van der Waals surface area contributed by atoms with Crippen LogP contribution in [0.15, 0.2) is 0 Å². The van der Waals surface area contributed by atoms with E-state index in [1.165, 1.54) is 4.90 Å². The topological polar surface area (TPSA) is 66.5 Å². The van der Waals surface area contributed by atoms with Gasteiger partial charge in [-0.15, -0.1) is 12.4 Å². The van der Waals surface area contributed by atoms with Gasteiger partial charge in [-0.3, -0.25) is 4.79 Å². The van der Waals surface area contributed by atoms with Crippen LogP contribution in [0, 0.1) is 0 Å². The van der Waals surface area contributed by atoms with Crippen LogP contribution < -0.4 is 5.32 Å². The molecule has 2 aliphatic rings. The van der Waals surface area contributed by atoms with Crippen molar-refractivity contribution >= 4 is 28.2 Å². The lowest BCUT2D eigenvalue weighted by Gasteiger charge is -2.37. The van der Waals surface area contributed by atoms with Gasteiger partial charge in [0.2, 0.25) is 5.91 Å². The number of piperidine rings is 1. The average molecular weight is 255 g/mol. The summed E-state index contributed by atoms with van der Waals surface area (Å²) in [6, 6.07) is 0. The number of nitrogens with zero attached hydrogens (tertiary/aromatic N) is 1. The number of hydrogen-bond acceptors (Lipinski definition) is 4. The van der Waals surface area contributed by atoms with Gasteiger partial charge in [0.05, 0.1) is 0 Å². The third kappa shape index (κ3) is 1.64. The van der Waals surface area contributed by atoms with Crippen molar-refractivity contribution < 1.29 is 13.2 Å². The van der Waals surface area contributed by atoms with Gasteiger partial charge in [-0.2, -0.15) is 0 Å². The van der Waals surface area contributed by atoms with E-state index in [4.69, 9.17) is 0 Å². The lowest BCUT2D eigenvalue weighted by atomic mass is 10.0. The minimum absolute atomic E-state index is 0. The summed E-state index contributed by atoms with van der Waals surface area (Å²) in [6.07, 6.45) is 1.02. The third-order valence-electron chi connectivity index (χ3n) is 3.26. The van der Waals surface area contributed by atoms with Crippen LogP contribution in [0.1, 0.15) is 12.8 Å². The Hall–Kier alpha value is -0.330. The van der Waals surface area contributed by atoms with E-state index in [2.05, 4.69) is 5.32 Å². The number of amides is 1. The van der Waals surface area contributed by atoms with Gasteiger partial charge in [0, 0.05) is 7.05 Å². The molecule has 0 saturated carbocycles. The van der Waals surface area contributed by atoms with Gasteiger partial charge in [0.15, 0.2) is 9.84 Å². The molecule has 0 unspecified atom stereocenters. The zero-order valence-corrected chi connectivity index (χ0v) is 10.2. The minimum atomic E-state index is -3.27. The molecule has 0 aliphatic carbocycles. The van der Waals surface area contributed by atoms with E-state index in [1.54, 1.807) is 7.05 Å². The van der Waals surface area contributed by atoms with E-state index in [9.17, 15) is 13.2 Å². The number of carbonyl (C=O) groups is 1. The summed E-state index contributed by atoms with van der Waals surface area (Å²) in [6.45, 7) is 1.33. The highest BCUT2D eigenvalue weighted by Crippen LogP contribution is 2.36. The first-order valence-corrected chi connectivity index (χ1v) is 6.34. The molecule has 1 spiro atoms. The number of nitrogens with one attached hydrogen (secondary N) is 1. The molecule has 1 amide bonds. The van der Waals surface area contributed by atoms with Crippen molar-refractivity contribution in [2.24, 2.45) is 0 Å². The van der Waals surface area contributed by atoms with Crippen LogP contribution in [0.2, 0.25) is 0 Å². The number of rotatable bonds is 0. The van der Waals surface area contributed by atoms with Crippen molar-refractivity contribution in [1.82, 2.24) is 10.2 Å². The van der Waals surface area contributed by atoms with Crippen LogP contribution in [0.3, 0.4) is 0 Å². The summed E-state index contributed by atoms with van der Waals surface area (Å²) in [5.41, 5.74) is 0. The van der Waals surface area contributed by atoms with Crippen molar-refractivity contribution in [3.05, 3.63) is 0 Å². The van der Waals surface area contributed by atoms with Crippen molar-refractivity contribution in [2.45, 2.75) is 17.7 Å². The van der Waals surface area contributed by atoms with Gasteiger partial charge < -0.3 is 10.2 Å². The first-order chi connectivity index (χ1) is 6.50. The lowest BCUT2D eigenvalue weighted by molar-refractivity contribution is -0.129. The molecule has 2 aliphatic heterocycles. The summed E-state index contributed by atoms with van der Waals surface area (Å²) in [5.74, 6) is -0.587. The summed E-state index contributed by atoms with van der Waals surface area (Å²) >= 11 is 0. The Balaban J connectivity index is 0.00000112. The quantitative estimate of drug-likeness (QED) is 0.626. The van der Waals surface area contributed by atoms with E-state index in [0.29, 0.717) is 25.9 Å². The molecule has 0 bridgehead atoms. The molecule has 1 N–H and O–H groups in total. The fraction of sp³-hybridized carbons (Fsp3) is 0.875. The fourth-order valence-electron chi connectivity index (χ4n) is 2.29. The van der Waals surface area contributed by atoms with Crippen molar-refractivity contribution in [3.8, 4) is 0 Å². The monoisotopic (exact) mass is 254 g/mol. The Morgan fingerprint density at radius 3 is 2.27 bits per heavy atom. The predicted molar refractivity (Wildman–Crippen MR) is 58.6 cm³/mol. The number of halogens is 1. The molecule has 7 heteroatoms. The molecule has 88 valence electrons. The molecule has 15 heavy (non-hydrogen) atoms. The Kier molecular flexibility index (Phi) is 3.33. The van der Waals surface area contributed by atoms with Crippen molar-refractivity contribution in [3.63, 3.8) is 0 Å². The SMILES string of the molecule is CN1C(=O)CS(=O)(=O)C12CCNCC2.Cl. The standard InChI is InChI=1S/C8H14N2O3S.ClH/c1-10-7(11)6-14(12,13)8(10)2-4-9-5-3-8;/h9H,2-6H2,1H3;1H. The number of sulfone groups is 1. The first kappa shape index (κ1) is 12.7. The predicted octanol–water partition coefficient (Wildman–Crippen LogP) is -0.625. The molecule has 0 aromatic heterocycles. The summed E-state index contributed by atoms with van der Waals surface area (Å²) < 4.78 is 23.7. The second-order valence-corrected chi connectivity index (χ2v) is 6.19. The van der Waals surface area contributed by atoms with E-state index in [1.807, 2.05) is 0 Å². The molecule has 2 heterocycles. The summed E-state index contributed by atoms with van der Waals surface area (Å²) in [7, 11) is -1.68. The molecule has 0 radical (unpaired) electrons. The Labute approximate surface area is 95.5 Å². The maximum absolute atomic E-state index is 11.9. The van der Waals surface area contributed by atoms with Crippen molar-refractivity contribution in [2.75, 3.05) is 25.9 Å². The van der Waals surface area contributed by atoms with Gasteiger partial charge in [0.25, 0.3) is 0 Å². The lowest BCUT2D eigenvalue weighted by Crippen LogP contribution is -2.53. The van der Waals surface area contributed by atoms with Crippen LogP contribution in [0.4, 0.5) is 0 Å². The second kappa shape index (κ2) is 3.92.